The summed E-state index contributed by atoms with van der Waals surface area (Å²) in [6.45, 7) is 0. The van der Waals surface area contributed by atoms with Crippen molar-refractivity contribution in [1.82, 2.24) is 15.2 Å². The molecule has 8 heteroatoms. The number of thioether (sulfide) groups is 1. The van der Waals surface area contributed by atoms with Crippen molar-refractivity contribution < 1.29 is 4.74 Å². The monoisotopic (exact) mass is 376 g/mol. The van der Waals surface area contributed by atoms with Crippen LogP contribution in [-0.4, -0.2) is 28.3 Å². The summed E-state index contributed by atoms with van der Waals surface area (Å²) in [4.78, 5) is 4.73. The Bertz CT molecular complexity index is 828. The van der Waals surface area contributed by atoms with Gasteiger partial charge in [0.05, 0.1) is 18.4 Å². The molecule has 1 aliphatic carbocycles. The summed E-state index contributed by atoms with van der Waals surface area (Å²) in [5.41, 5.74) is 2.09. The number of aromatic nitrogens is 3. The largest absolute Gasteiger partial charge is 0.496 e. The van der Waals surface area contributed by atoms with Gasteiger partial charge >= 0.3 is 0 Å². The van der Waals surface area contributed by atoms with Crippen molar-refractivity contribution in [3.63, 3.8) is 0 Å². The molecule has 0 unspecified atom stereocenters. The number of ether oxygens (including phenoxy) is 1. The van der Waals surface area contributed by atoms with E-state index in [-0.39, 0.29) is 0 Å². The van der Waals surface area contributed by atoms with Gasteiger partial charge in [-0.3, -0.25) is 0 Å². The molecule has 2 heterocycles. The van der Waals surface area contributed by atoms with Crippen molar-refractivity contribution in [2.75, 3.05) is 12.4 Å². The first-order valence-electron chi connectivity index (χ1n) is 7.62. The SMILES string of the molecule is COc1ccccc1-c1nc(CSc2nnc(NC3CC3)s2)cs1. The predicted molar refractivity (Wildman–Crippen MR) is 100 cm³/mol. The molecule has 124 valence electrons. The number of hydrogen-bond acceptors (Lipinski definition) is 8. The minimum Gasteiger partial charge on any atom is -0.496 e. The summed E-state index contributed by atoms with van der Waals surface area (Å²) in [5.74, 6) is 1.65. The smallest absolute Gasteiger partial charge is 0.206 e. The molecule has 0 atom stereocenters. The van der Waals surface area contributed by atoms with Crippen LogP contribution in [0.2, 0.25) is 0 Å². The highest BCUT2D eigenvalue weighted by molar-refractivity contribution is 8.00. The summed E-state index contributed by atoms with van der Waals surface area (Å²) in [6, 6.07) is 8.58. The number of para-hydroxylation sites is 1. The van der Waals surface area contributed by atoms with E-state index in [1.54, 1.807) is 41.5 Å². The van der Waals surface area contributed by atoms with E-state index in [4.69, 9.17) is 9.72 Å². The molecule has 1 saturated carbocycles. The van der Waals surface area contributed by atoms with Crippen LogP contribution in [0, 0.1) is 0 Å². The molecule has 3 aromatic rings. The Kier molecular flexibility index (Phi) is 4.68. The van der Waals surface area contributed by atoms with E-state index >= 15 is 0 Å². The molecule has 1 aliphatic rings. The van der Waals surface area contributed by atoms with Gasteiger partial charge < -0.3 is 10.1 Å². The molecule has 0 aliphatic heterocycles. The van der Waals surface area contributed by atoms with Gasteiger partial charge in [0.1, 0.15) is 10.8 Å². The molecule has 4 rings (SSSR count). The second-order valence-electron chi connectivity index (χ2n) is 5.42. The van der Waals surface area contributed by atoms with Crippen LogP contribution in [0.25, 0.3) is 10.6 Å². The molecule has 0 radical (unpaired) electrons. The topological polar surface area (TPSA) is 59.9 Å². The molecule has 24 heavy (non-hydrogen) atoms. The fraction of sp³-hybridized carbons (Fsp3) is 0.312. The predicted octanol–water partition coefficient (Wildman–Crippen LogP) is 4.54. The zero-order valence-electron chi connectivity index (χ0n) is 13.1. The van der Waals surface area contributed by atoms with Gasteiger partial charge in [-0.15, -0.1) is 21.5 Å². The Morgan fingerprint density at radius 3 is 3.00 bits per heavy atom. The van der Waals surface area contributed by atoms with Crippen LogP contribution < -0.4 is 10.1 Å². The molecule has 0 amide bonds. The molecule has 0 spiro atoms. The highest BCUT2D eigenvalue weighted by Gasteiger charge is 2.22. The number of hydrogen-bond donors (Lipinski definition) is 1. The van der Waals surface area contributed by atoms with Gasteiger partial charge in [0.25, 0.3) is 0 Å². The van der Waals surface area contributed by atoms with Crippen LogP contribution in [0.5, 0.6) is 5.75 Å². The van der Waals surface area contributed by atoms with Crippen LogP contribution in [-0.2, 0) is 5.75 Å². The minimum atomic E-state index is 0.609. The fourth-order valence-electron chi connectivity index (χ4n) is 2.18. The quantitative estimate of drug-likeness (QED) is 0.611. The number of benzene rings is 1. The molecule has 5 nitrogen and oxygen atoms in total. The molecule has 1 N–H and O–H groups in total. The van der Waals surface area contributed by atoms with Gasteiger partial charge in [0.2, 0.25) is 5.13 Å². The van der Waals surface area contributed by atoms with E-state index in [2.05, 4.69) is 20.9 Å². The van der Waals surface area contributed by atoms with Crippen molar-refractivity contribution in [2.24, 2.45) is 0 Å². The van der Waals surface area contributed by atoms with Crippen LogP contribution in [0.3, 0.4) is 0 Å². The maximum atomic E-state index is 5.42. The van der Waals surface area contributed by atoms with Crippen LogP contribution in [0.15, 0.2) is 34.0 Å². The first-order chi connectivity index (χ1) is 11.8. The van der Waals surface area contributed by atoms with Crippen molar-refractivity contribution in [3.8, 4) is 16.3 Å². The number of nitrogens with zero attached hydrogens (tertiary/aromatic N) is 3. The van der Waals surface area contributed by atoms with E-state index in [1.165, 1.54) is 12.8 Å². The summed E-state index contributed by atoms with van der Waals surface area (Å²) < 4.78 is 6.39. The lowest BCUT2D eigenvalue weighted by molar-refractivity contribution is 0.416. The van der Waals surface area contributed by atoms with Crippen LogP contribution in [0.4, 0.5) is 5.13 Å². The van der Waals surface area contributed by atoms with Crippen LogP contribution >= 0.6 is 34.4 Å². The molecule has 1 aromatic carbocycles. The minimum absolute atomic E-state index is 0.609. The Labute approximate surface area is 152 Å². The van der Waals surface area contributed by atoms with Crippen molar-refractivity contribution in [3.05, 3.63) is 35.3 Å². The zero-order valence-corrected chi connectivity index (χ0v) is 15.5. The van der Waals surface area contributed by atoms with E-state index in [1.807, 2.05) is 24.3 Å². The standard InChI is InChI=1S/C16H16N4OS3/c1-21-13-5-3-2-4-12(13)14-17-11(8-22-14)9-23-16-20-19-15(24-16)18-10-6-7-10/h2-5,8,10H,6-7,9H2,1H3,(H,18,19). The van der Waals surface area contributed by atoms with Gasteiger partial charge in [0.15, 0.2) is 4.34 Å². The maximum absolute atomic E-state index is 5.42. The van der Waals surface area contributed by atoms with Gasteiger partial charge in [-0.05, 0) is 25.0 Å². The number of anilines is 1. The van der Waals surface area contributed by atoms with Crippen molar-refractivity contribution in [2.45, 2.75) is 29.0 Å². The van der Waals surface area contributed by atoms with Crippen LogP contribution in [0.1, 0.15) is 18.5 Å². The number of rotatable bonds is 7. The molecule has 2 aromatic heterocycles. The Morgan fingerprint density at radius 2 is 2.17 bits per heavy atom. The molecule has 0 saturated heterocycles. The third kappa shape index (κ3) is 3.71. The third-order valence-electron chi connectivity index (χ3n) is 3.54. The third-order valence-corrected chi connectivity index (χ3v) is 6.49. The molecular formula is C16H16N4OS3. The van der Waals surface area contributed by atoms with Crippen molar-refractivity contribution >= 4 is 39.6 Å². The van der Waals surface area contributed by atoms with Gasteiger partial charge in [-0.25, -0.2) is 4.98 Å². The molecule has 1 fully saturated rings. The normalized spacial score (nSPS) is 13.9. The van der Waals surface area contributed by atoms with E-state index in [9.17, 15) is 0 Å². The Hall–Kier alpha value is -1.64. The van der Waals surface area contributed by atoms with Gasteiger partial charge in [-0.2, -0.15) is 0 Å². The summed E-state index contributed by atoms with van der Waals surface area (Å²) in [7, 11) is 1.69. The average Bonchev–Trinajstić information content (AvgIpc) is 3.11. The number of thiazole rings is 1. The lowest BCUT2D eigenvalue weighted by Gasteiger charge is -2.04. The maximum Gasteiger partial charge on any atom is 0.206 e. The Balaban J connectivity index is 1.40. The Morgan fingerprint density at radius 1 is 1.29 bits per heavy atom. The lowest BCUT2D eigenvalue weighted by atomic mass is 10.2. The number of nitrogens with one attached hydrogen (secondary N) is 1. The number of methoxy groups -OCH3 is 1. The van der Waals surface area contributed by atoms with Gasteiger partial charge in [0, 0.05) is 17.2 Å². The summed E-state index contributed by atoms with van der Waals surface area (Å²) in [5, 5.41) is 15.8. The zero-order chi connectivity index (χ0) is 16.4. The first kappa shape index (κ1) is 15.9. The summed E-state index contributed by atoms with van der Waals surface area (Å²) >= 11 is 4.93. The van der Waals surface area contributed by atoms with E-state index < -0.39 is 0 Å². The average molecular weight is 377 g/mol. The highest BCUT2D eigenvalue weighted by atomic mass is 32.2. The van der Waals surface area contributed by atoms with Gasteiger partial charge in [-0.1, -0.05) is 35.2 Å². The highest BCUT2D eigenvalue weighted by Crippen LogP contribution is 2.35. The van der Waals surface area contributed by atoms with Crippen molar-refractivity contribution in [1.29, 1.82) is 0 Å². The summed E-state index contributed by atoms with van der Waals surface area (Å²) in [6.07, 6.45) is 2.49. The second kappa shape index (κ2) is 7.08. The first-order valence-corrected chi connectivity index (χ1v) is 10.3. The molecular weight excluding hydrogens is 360 g/mol. The lowest BCUT2D eigenvalue weighted by Crippen LogP contribution is -1.99. The van der Waals surface area contributed by atoms with E-state index in [0.29, 0.717) is 6.04 Å². The fourth-order valence-corrected chi connectivity index (χ4v) is 4.86. The van der Waals surface area contributed by atoms with E-state index in [0.717, 1.165) is 37.2 Å². The second-order valence-corrected chi connectivity index (χ2v) is 8.48. The molecule has 0 bridgehead atoms.